The van der Waals surface area contributed by atoms with Gasteiger partial charge in [-0.25, -0.2) is 4.79 Å². The molecule has 0 aromatic heterocycles. The molecule has 5 nitrogen and oxygen atoms in total. The lowest BCUT2D eigenvalue weighted by molar-refractivity contribution is -0.384. The quantitative estimate of drug-likeness (QED) is 0.357. The number of nitro groups is 1. The molecule has 2 rings (SSSR count). The highest BCUT2D eigenvalue weighted by Gasteiger charge is 2.29. The number of allylic oxidation sites excluding steroid dienone is 1. The van der Waals surface area contributed by atoms with Gasteiger partial charge in [0.25, 0.3) is 5.69 Å². The molecule has 118 valence electrons. The Morgan fingerprint density at radius 2 is 2.05 bits per heavy atom. The summed E-state index contributed by atoms with van der Waals surface area (Å²) in [6.45, 7) is 5.38. The maximum atomic E-state index is 12.0. The molecule has 0 spiro atoms. The fourth-order valence-corrected chi connectivity index (χ4v) is 2.31. The average molecular weight is 324 g/mol. The Morgan fingerprint density at radius 1 is 1.41 bits per heavy atom. The largest absolute Gasteiger partial charge is 0.457 e. The lowest BCUT2D eigenvalue weighted by Crippen LogP contribution is -2.22. The topological polar surface area (TPSA) is 69.4 Å². The molecule has 1 fully saturated rings. The van der Waals surface area contributed by atoms with Gasteiger partial charge in [0.05, 0.1) is 4.92 Å². The van der Waals surface area contributed by atoms with E-state index in [1.165, 1.54) is 18.2 Å². The third-order valence-corrected chi connectivity index (χ3v) is 3.49. The van der Waals surface area contributed by atoms with Crippen molar-refractivity contribution in [2.24, 2.45) is 5.92 Å². The molecule has 0 heterocycles. The van der Waals surface area contributed by atoms with Crippen LogP contribution in [-0.4, -0.2) is 16.5 Å². The summed E-state index contributed by atoms with van der Waals surface area (Å²) in [5, 5.41) is 11.1. The van der Waals surface area contributed by atoms with E-state index in [4.69, 9.17) is 16.3 Å². The van der Waals surface area contributed by atoms with Gasteiger partial charge in [-0.1, -0.05) is 17.7 Å². The van der Waals surface area contributed by atoms with Gasteiger partial charge in [-0.15, -0.1) is 0 Å². The fraction of sp³-hybridized carbons (Fsp3) is 0.438. The summed E-state index contributed by atoms with van der Waals surface area (Å²) in [4.78, 5) is 22.5. The van der Waals surface area contributed by atoms with Gasteiger partial charge in [0.15, 0.2) is 0 Å². The van der Waals surface area contributed by atoms with Gasteiger partial charge in [0.1, 0.15) is 10.6 Å². The Labute approximate surface area is 134 Å². The number of rotatable bonds is 4. The van der Waals surface area contributed by atoms with E-state index in [0.717, 1.165) is 18.4 Å². The first-order chi connectivity index (χ1) is 10.2. The van der Waals surface area contributed by atoms with Crippen LogP contribution < -0.4 is 0 Å². The molecule has 1 aliphatic carbocycles. The summed E-state index contributed by atoms with van der Waals surface area (Å²) in [7, 11) is 0. The van der Waals surface area contributed by atoms with Crippen LogP contribution >= 0.6 is 11.6 Å². The number of esters is 1. The van der Waals surface area contributed by atoms with Crippen LogP contribution in [0.15, 0.2) is 24.3 Å². The van der Waals surface area contributed by atoms with E-state index in [9.17, 15) is 14.9 Å². The standard InChI is InChI=1S/C16H18ClNO4/c1-16(2,3)22-15(19)9-12(10-4-5-10)11-6-7-13(17)14(8-11)18(20)21/h6-10H,4-5H2,1-3H3/b12-9+. The van der Waals surface area contributed by atoms with Crippen molar-refractivity contribution in [2.75, 3.05) is 0 Å². The van der Waals surface area contributed by atoms with Crippen LogP contribution in [0.3, 0.4) is 0 Å². The van der Waals surface area contributed by atoms with Gasteiger partial charge >= 0.3 is 5.97 Å². The monoisotopic (exact) mass is 323 g/mol. The van der Waals surface area contributed by atoms with Crippen molar-refractivity contribution >= 4 is 28.8 Å². The van der Waals surface area contributed by atoms with Crippen LogP contribution in [0, 0.1) is 16.0 Å². The van der Waals surface area contributed by atoms with Crippen molar-refractivity contribution in [2.45, 2.75) is 39.2 Å². The number of hydrogen-bond donors (Lipinski definition) is 0. The van der Waals surface area contributed by atoms with Crippen LogP contribution in [0.2, 0.25) is 5.02 Å². The summed E-state index contributed by atoms with van der Waals surface area (Å²) in [6, 6.07) is 4.60. The van der Waals surface area contributed by atoms with Crippen molar-refractivity contribution < 1.29 is 14.5 Å². The molecule has 1 aromatic carbocycles. The maximum absolute atomic E-state index is 12.0. The SMILES string of the molecule is CC(C)(C)OC(=O)/C=C(/c1ccc(Cl)c([N+](=O)[O-])c1)C1CC1. The van der Waals surface area contributed by atoms with Crippen LogP contribution in [0.5, 0.6) is 0 Å². The predicted molar refractivity (Wildman–Crippen MR) is 84.7 cm³/mol. The first kappa shape index (κ1) is 16.5. The summed E-state index contributed by atoms with van der Waals surface area (Å²) in [5.41, 5.74) is 0.683. The molecule has 0 amide bonds. The van der Waals surface area contributed by atoms with E-state index in [0.29, 0.717) is 5.56 Å². The smallest absolute Gasteiger partial charge is 0.331 e. The number of carbonyl (C=O) groups is 1. The number of ether oxygens (including phenoxy) is 1. The molecular weight excluding hydrogens is 306 g/mol. The van der Waals surface area contributed by atoms with Crippen molar-refractivity contribution in [3.63, 3.8) is 0 Å². The zero-order chi connectivity index (χ0) is 16.5. The number of nitro benzene ring substituents is 1. The molecule has 0 radical (unpaired) electrons. The summed E-state index contributed by atoms with van der Waals surface area (Å²) in [5.74, 6) is -0.194. The summed E-state index contributed by atoms with van der Waals surface area (Å²) < 4.78 is 5.29. The van der Waals surface area contributed by atoms with Crippen molar-refractivity contribution in [1.29, 1.82) is 0 Å². The van der Waals surface area contributed by atoms with Crippen molar-refractivity contribution in [1.82, 2.24) is 0 Å². The van der Waals surface area contributed by atoms with Crippen molar-refractivity contribution in [3.05, 3.63) is 45.0 Å². The minimum Gasteiger partial charge on any atom is -0.457 e. The normalized spacial score (nSPS) is 15.5. The highest BCUT2D eigenvalue weighted by atomic mass is 35.5. The van der Waals surface area contributed by atoms with E-state index in [1.54, 1.807) is 26.8 Å². The highest BCUT2D eigenvalue weighted by molar-refractivity contribution is 6.32. The molecule has 0 N–H and O–H groups in total. The maximum Gasteiger partial charge on any atom is 0.331 e. The Kier molecular flexibility index (Phi) is 4.56. The molecule has 0 bridgehead atoms. The minimum absolute atomic E-state index is 0.0844. The third kappa shape index (κ3) is 4.31. The molecule has 6 heteroatoms. The molecule has 1 saturated carbocycles. The molecule has 1 aromatic rings. The number of carbonyl (C=O) groups excluding carboxylic acids is 1. The molecule has 22 heavy (non-hydrogen) atoms. The summed E-state index contributed by atoms with van der Waals surface area (Å²) >= 11 is 5.83. The third-order valence-electron chi connectivity index (χ3n) is 3.17. The van der Waals surface area contributed by atoms with Gasteiger partial charge in [0, 0.05) is 12.1 Å². The highest BCUT2D eigenvalue weighted by Crippen LogP contribution is 2.43. The van der Waals surface area contributed by atoms with Gasteiger partial charge < -0.3 is 4.74 Å². The number of halogens is 1. The van der Waals surface area contributed by atoms with Gasteiger partial charge in [0.2, 0.25) is 0 Å². The second-order valence-electron chi connectivity index (χ2n) is 6.33. The number of benzene rings is 1. The molecule has 0 unspecified atom stereocenters. The minimum atomic E-state index is -0.575. The summed E-state index contributed by atoms with van der Waals surface area (Å²) in [6.07, 6.45) is 3.37. The first-order valence-corrected chi connectivity index (χ1v) is 7.44. The molecule has 0 saturated heterocycles. The van der Waals surface area contributed by atoms with Crippen LogP contribution in [0.25, 0.3) is 5.57 Å². The second-order valence-corrected chi connectivity index (χ2v) is 6.74. The van der Waals surface area contributed by atoms with Crippen LogP contribution in [-0.2, 0) is 9.53 Å². The molecule has 0 atom stereocenters. The van der Waals surface area contributed by atoms with Gasteiger partial charge in [-0.05, 0) is 56.7 Å². The zero-order valence-corrected chi connectivity index (χ0v) is 13.5. The number of hydrogen-bond acceptors (Lipinski definition) is 4. The molecule has 1 aliphatic rings. The van der Waals surface area contributed by atoms with Crippen LogP contribution in [0.4, 0.5) is 5.69 Å². The van der Waals surface area contributed by atoms with E-state index >= 15 is 0 Å². The van der Waals surface area contributed by atoms with Gasteiger partial charge in [-0.3, -0.25) is 10.1 Å². The zero-order valence-electron chi connectivity index (χ0n) is 12.8. The van der Waals surface area contributed by atoms with Gasteiger partial charge in [-0.2, -0.15) is 0 Å². The Balaban J connectivity index is 2.35. The first-order valence-electron chi connectivity index (χ1n) is 7.06. The fourth-order valence-electron chi connectivity index (χ4n) is 2.12. The lowest BCUT2D eigenvalue weighted by atomic mass is 10.0. The van der Waals surface area contributed by atoms with Crippen molar-refractivity contribution in [3.8, 4) is 0 Å². The van der Waals surface area contributed by atoms with E-state index < -0.39 is 16.5 Å². The Hall–Kier alpha value is -1.88. The second kappa shape index (κ2) is 6.08. The van der Waals surface area contributed by atoms with Crippen LogP contribution in [0.1, 0.15) is 39.2 Å². The Bertz CT molecular complexity index is 642. The predicted octanol–water partition coefficient (Wildman–Crippen LogP) is 4.38. The van der Waals surface area contributed by atoms with E-state index in [1.807, 2.05) is 0 Å². The number of nitrogens with zero attached hydrogens (tertiary/aromatic N) is 1. The van der Waals surface area contributed by atoms with E-state index in [-0.39, 0.29) is 16.6 Å². The molecular formula is C16H18ClNO4. The average Bonchev–Trinajstić information content (AvgIpc) is 3.18. The molecule has 0 aliphatic heterocycles. The Morgan fingerprint density at radius 3 is 2.55 bits per heavy atom. The lowest BCUT2D eigenvalue weighted by Gasteiger charge is -2.18. The van der Waals surface area contributed by atoms with E-state index in [2.05, 4.69) is 0 Å².